The molecular formula is C16H20O3. The van der Waals surface area contributed by atoms with Gasteiger partial charge >= 0.3 is 5.97 Å². The molecule has 0 N–H and O–H groups in total. The summed E-state index contributed by atoms with van der Waals surface area (Å²) in [5.74, 6) is 4.48. The first-order valence-corrected chi connectivity index (χ1v) is 5.96. The Bertz CT molecular complexity index is 451. The predicted molar refractivity (Wildman–Crippen MR) is 75.9 cm³/mol. The molecule has 0 aliphatic carbocycles. The van der Waals surface area contributed by atoms with Crippen LogP contribution >= 0.6 is 0 Å². The van der Waals surface area contributed by atoms with Crippen LogP contribution in [0.1, 0.15) is 34.1 Å². The van der Waals surface area contributed by atoms with Crippen molar-refractivity contribution in [2.45, 2.75) is 39.7 Å². The molecule has 0 aromatic rings. The molecule has 0 spiro atoms. The van der Waals surface area contributed by atoms with E-state index in [0.717, 1.165) is 5.57 Å². The zero-order valence-corrected chi connectivity index (χ0v) is 11.9. The van der Waals surface area contributed by atoms with Gasteiger partial charge in [-0.1, -0.05) is 24.0 Å². The standard InChI is InChI=1S/C16H20O3/c1-6-11-18-15(17)13-14(3)9-8-10-16(4,5)19-12-7-2/h1,8-9,13H,10-11H2,2-5H3/b9-8+,14-13+. The van der Waals surface area contributed by atoms with Crippen LogP contribution in [0.4, 0.5) is 0 Å². The van der Waals surface area contributed by atoms with E-state index in [2.05, 4.69) is 17.9 Å². The number of hydrogen-bond acceptors (Lipinski definition) is 3. The summed E-state index contributed by atoms with van der Waals surface area (Å²) in [5.41, 5.74) is 0.434. The van der Waals surface area contributed by atoms with Crippen LogP contribution < -0.4 is 0 Å². The van der Waals surface area contributed by atoms with Gasteiger partial charge in [-0.05, 0) is 26.3 Å². The van der Waals surface area contributed by atoms with Crippen molar-refractivity contribution in [3.63, 3.8) is 0 Å². The minimum absolute atomic E-state index is 0.0110. The summed E-state index contributed by atoms with van der Waals surface area (Å²) in [6.45, 7) is 7.42. The van der Waals surface area contributed by atoms with Gasteiger partial charge in [0.05, 0.1) is 0 Å². The molecule has 0 heterocycles. The fourth-order valence-corrected chi connectivity index (χ4v) is 1.15. The summed E-state index contributed by atoms with van der Waals surface area (Å²) in [6, 6.07) is 0. The molecule has 0 saturated carbocycles. The molecular weight excluding hydrogens is 240 g/mol. The summed E-state index contributed by atoms with van der Waals surface area (Å²) in [5, 5.41) is 0. The quantitative estimate of drug-likeness (QED) is 0.319. The monoisotopic (exact) mass is 260 g/mol. The van der Waals surface area contributed by atoms with Crippen molar-refractivity contribution < 1.29 is 14.3 Å². The number of ether oxygens (including phenoxy) is 2. The maximum Gasteiger partial charge on any atom is 0.331 e. The third-order valence-electron chi connectivity index (χ3n) is 2.06. The fraction of sp³-hybridized carbons (Fsp3) is 0.438. The van der Waals surface area contributed by atoms with E-state index in [4.69, 9.17) is 15.9 Å². The molecule has 0 unspecified atom stereocenters. The lowest BCUT2D eigenvalue weighted by Crippen LogP contribution is -2.20. The third kappa shape index (κ3) is 9.56. The zero-order chi connectivity index (χ0) is 14.7. The lowest BCUT2D eigenvalue weighted by molar-refractivity contribution is -0.136. The van der Waals surface area contributed by atoms with Gasteiger partial charge in [0.15, 0.2) is 6.61 Å². The smallest absolute Gasteiger partial charge is 0.331 e. The van der Waals surface area contributed by atoms with Crippen molar-refractivity contribution >= 4 is 5.97 Å². The van der Waals surface area contributed by atoms with E-state index in [1.54, 1.807) is 6.92 Å². The van der Waals surface area contributed by atoms with Crippen LogP contribution in [0.5, 0.6) is 0 Å². The van der Waals surface area contributed by atoms with Gasteiger partial charge in [0.1, 0.15) is 11.7 Å². The second-order valence-corrected chi connectivity index (χ2v) is 4.52. The molecule has 0 radical (unpaired) electrons. The number of carbonyl (C=O) groups excluding carboxylic acids is 1. The Balaban J connectivity index is 4.31. The molecule has 3 heteroatoms. The Labute approximate surface area is 115 Å². The maximum atomic E-state index is 11.2. The van der Waals surface area contributed by atoms with E-state index in [9.17, 15) is 4.79 Å². The zero-order valence-electron chi connectivity index (χ0n) is 11.9. The molecule has 0 saturated heterocycles. The van der Waals surface area contributed by atoms with E-state index in [0.29, 0.717) is 6.42 Å². The first kappa shape index (κ1) is 16.9. The molecule has 0 atom stereocenters. The summed E-state index contributed by atoms with van der Waals surface area (Å²) < 4.78 is 10.1. The molecule has 3 nitrogen and oxygen atoms in total. The van der Waals surface area contributed by atoms with Crippen molar-refractivity contribution in [2.24, 2.45) is 0 Å². The van der Waals surface area contributed by atoms with E-state index in [-0.39, 0.29) is 12.2 Å². The number of terminal acetylenes is 1. The Morgan fingerprint density at radius 2 is 2.11 bits per heavy atom. The highest BCUT2D eigenvalue weighted by atomic mass is 16.5. The second-order valence-electron chi connectivity index (χ2n) is 4.52. The first-order valence-electron chi connectivity index (χ1n) is 5.96. The average molecular weight is 260 g/mol. The molecule has 0 bridgehead atoms. The van der Waals surface area contributed by atoms with E-state index < -0.39 is 5.97 Å². The van der Waals surface area contributed by atoms with Crippen LogP contribution in [-0.4, -0.2) is 18.2 Å². The molecule has 19 heavy (non-hydrogen) atoms. The van der Waals surface area contributed by atoms with Crippen molar-refractivity contribution in [1.29, 1.82) is 0 Å². The van der Waals surface area contributed by atoms with Crippen LogP contribution in [0.3, 0.4) is 0 Å². The first-order chi connectivity index (χ1) is 8.91. The molecule has 0 rings (SSSR count). The molecule has 102 valence electrons. The minimum atomic E-state index is -0.438. The van der Waals surface area contributed by atoms with Crippen molar-refractivity contribution in [3.05, 3.63) is 23.8 Å². The molecule has 0 aliphatic rings. The lowest BCUT2D eigenvalue weighted by Gasteiger charge is -2.19. The minimum Gasteiger partial charge on any atom is -0.449 e. The van der Waals surface area contributed by atoms with Gasteiger partial charge in [-0.25, -0.2) is 4.79 Å². The highest BCUT2D eigenvalue weighted by Crippen LogP contribution is 2.14. The number of esters is 1. The van der Waals surface area contributed by atoms with Gasteiger partial charge in [-0.3, -0.25) is 0 Å². The van der Waals surface area contributed by atoms with Crippen molar-refractivity contribution in [3.8, 4) is 24.4 Å². The van der Waals surface area contributed by atoms with Crippen LogP contribution in [-0.2, 0) is 14.3 Å². The Kier molecular flexibility index (Phi) is 7.89. The van der Waals surface area contributed by atoms with Gasteiger partial charge in [0, 0.05) is 19.4 Å². The largest absolute Gasteiger partial charge is 0.449 e. The number of allylic oxidation sites excluding steroid dienone is 2. The van der Waals surface area contributed by atoms with E-state index in [1.165, 1.54) is 6.08 Å². The molecule has 0 aromatic heterocycles. The molecule has 0 amide bonds. The average Bonchev–Trinajstić information content (AvgIpc) is 2.33. The topological polar surface area (TPSA) is 35.5 Å². The Morgan fingerprint density at radius 3 is 2.68 bits per heavy atom. The number of hydrogen-bond donors (Lipinski definition) is 0. The second kappa shape index (κ2) is 8.89. The highest BCUT2D eigenvalue weighted by Gasteiger charge is 2.15. The van der Waals surface area contributed by atoms with Crippen LogP contribution in [0.25, 0.3) is 0 Å². The summed E-state index contributed by atoms with van der Waals surface area (Å²) >= 11 is 0. The van der Waals surface area contributed by atoms with Crippen LogP contribution in [0.15, 0.2) is 23.8 Å². The molecule has 0 aliphatic heterocycles. The van der Waals surface area contributed by atoms with Gasteiger partial charge < -0.3 is 9.47 Å². The summed E-state index contributed by atoms with van der Waals surface area (Å²) in [4.78, 5) is 11.2. The normalized spacial score (nSPS) is 11.4. The van der Waals surface area contributed by atoms with Crippen molar-refractivity contribution in [1.82, 2.24) is 0 Å². The highest BCUT2D eigenvalue weighted by molar-refractivity contribution is 5.83. The lowest BCUT2D eigenvalue weighted by atomic mass is 10.0. The fourth-order valence-electron chi connectivity index (χ4n) is 1.15. The van der Waals surface area contributed by atoms with E-state index >= 15 is 0 Å². The summed E-state index contributed by atoms with van der Waals surface area (Å²) in [6.07, 6.45) is 13.4. The Hall–Kier alpha value is -2.13. The Morgan fingerprint density at radius 1 is 1.42 bits per heavy atom. The maximum absolute atomic E-state index is 11.2. The SMILES string of the molecule is C#CCOC(=O)/C=C(C)/C=C/CC(C)(C)OC#CC. The number of rotatable bonds is 6. The van der Waals surface area contributed by atoms with Gasteiger partial charge in [0.25, 0.3) is 0 Å². The molecule has 0 fully saturated rings. The van der Waals surface area contributed by atoms with Crippen LogP contribution in [0, 0.1) is 24.4 Å². The molecule has 0 aromatic carbocycles. The van der Waals surface area contributed by atoms with Gasteiger partial charge in [-0.15, -0.1) is 6.42 Å². The predicted octanol–water partition coefficient (Wildman–Crippen LogP) is 2.83. The number of carbonyl (C=O) groups is 1. The van der Waals surface area contributed by atoms with E-state index in [1.807, 2.05) is 32.9 Å². The van der Waals surface area contributed by atoms with Crippen molar-refractivity contribution in [2.75, 3.05) is 6.61 Å². The van der Waals surface area contributed by atoms with Gasteiger partial charge in [-0.2, -0.15) is 0 Å². The summed E-state index contributed by atoms with van der Waals surface area (Å²) in [7, 11) is 0. The van der Waals surface area contributed by atoms with Gasteiger partial charge in [0.2, 0.25) is 0 Å². The third-order valence-corrected chi connectivity index (χ3v) is 2.06. The van der Waals surface area contributed by atoms with Crippen LogP contribution in [0.2, 0.25) is 0 Å².